The quantitative estimate of drug-likeness (QED) is 0.717. The summed E-state index contributed by atoms with van der Waals surface area (Å²) in [6.07, 6.45) is 2.07. The number of nitrogens with zero attached hydrogens (tertiary/aromatic N) is 2. The molecule has 0 fully saturated rings. The van der Waals surface area contributed by atoms with Crippen molar-refractivity contribution < 1.29 is 9.26 Å². The molecule has 0 saturated carbocycles. The highest BCUT2D eigenvalue weighted by molar-refractivity contribution is 9.11. The summed E-state index contributed by atoms with van der Waals surface area (Å²) in [7, 11) is 0. The van der Waals surface area contributed by atoms with Crippen molar-refractivity contribution in [1.82, 2.24) is 15.5 Å². The average Bonchev–Trinajstić information content (AvgIpc) is 2.91. The van der Waals surface area contributed by atoms with Crippen LogP contribution in [0.5, 0.6) is 5.75 Å². The van der Waals surface area contributed by atoms with Crippen LogP contribution < -0.4 is 10.1 Å². The number of ether oxygens (including phenoxy) is 1. The maximum absolute atomic E-state index is 5.68. The third-order valence-electron chi connectivity index (χ3n) is 2.62. The maximum atomic E-state index is 5.68. The van der Waals surface area contributed by atoms with Crippen LogP contribution in [0.4, 0.5) is 0 Å². The molecule has 20 heavy (non-hydrogen) atoms. The Morgan fingerprint density at radius 3 is 2.90 bits per heavy atom. The van der Waals surface area contributed by atoms with Crippen LogP contribution in [0.15, 0.2) is 32.0 Å². The summed E-state index contributed by atoms with van der Waals surface area (Å²) in [6, 6.07) is 4.03. The van der Waals surface area contributed by atoms with E-state index >= 15 is 0 Å². The zero-order valence-electron chi connectivity index (χ0n) is 11.0. The lowest BCUT2D eigenvalue weighted by Crippen LogP contribution is -2.18. The van der Waals surface area contributed by atoms with E-state index in [0.29, 0.717) is 19.0 Å². The topological polar surface area (TPSA) is 60.2 Å². The third-order valence-corrected chi connectivity index (χ3v) is 3.67. The van der Waals surface area contributed by atoms with Gasteiger partial charge in [-0.25, -0.2) is 0 Å². The van der Waals surface area contributed by atoms with Gasteiger partial charge in [0.1, 0.15) is 5.75 Å². The Labute approximate surface area is 134 Å². The fourth-order valence-corrected chi connectivity index (χ4v) is 3.20. The molecule has 108 valence electrons. The highest BCUT2D eigenvalue weighted by Gasteiger charge is 2.09. The molecule has 0 aliphatic carbocycles. The second-order valence-corrected chi connectivity index (χ2v) is 5.85. The van der Waals surface area contributed by atoms with Crippen LogP contribution in [0.2, 0.25) is 0 Å². The number of benzene rings is 1. The molecule has 0 amide bonds. The maximum Gasteiger partial charge on any atom is 0.213 e. The first-order valence-electron chi connectivity index (χ1n) is 6.27. The standard InChI is InChI=1S/C13H15Br2N3O2/c1-2-19-13-9(5-10(14)6-11(13)15)7-16-4-3-12-17-8-20-18-12/h5-6,8,16H,2-4,7H2,1H3. The minimum absolute atomic E-state index is 0.635. The molecule has 1 heterocycles. The summed E-state index contributed by atoms with van der Waals surface area (Å²) in [6.45, 7) is 4.10. The van der Waals surface area contributed by atoms with E-state index in [0.717, 1.165) is 33.2 Å². The first-order valence-corrected chi connectivity index (χ1v) is 7.86. The van der Waals surface area contributed by atoms with E-state index in [-0.39, 0.29) is 0 Å². The molecule has 1 N–H and O–H groups in total. The van der Waals surface area contributed by atoms with Gasteiger partial charge >= 0.3 is 0 Å². The summed E-state index contributed by atoms with van der Waals surface area (Å²) in [4.78, 5) is 3.98. The zero-order valence-corrected chi connectivity index (χ0v) is 14.2. The summed E-state index contributed by atoms with van der Waals surface area (Å²) < 4.78 is 12.3. The monoisotopic (exact) mass is 403 g/mol. The Morgan fingerprint density at radius 2 is 2.20 bits per heavy atom. The molecule has 2 aromatic rings. The second-order valence-electron chi connectivity index (χ2n) is 4.08. The van der Waals surface area contributed by atoms with Crippen molar-refractivity contribution >= 4 is 31.9 Å². The van der Waals surface area contributed by atoms with Crippen molar-refractivity contribution in [3.63, 3.8) is 0 Å². The number of hydrogen-bond acceptors (Lipinski definition) is 5. The summed E-state index contributed by atoms with van der Waals surface area (Å²) in [5.41, 5.74) is 1.10. The van der Waals surface area contributed by atoms with Gasteiger partial charge in [0.15, 0.2) is 5.82 Å². The number of hydrogen-bond donors (Lipinski definition) is 1. The van der Waals surface area contributed by atoms with Gasteiger partial charge in [-0.3, -0.25) is 0 Å². The molecule has 0 atom stereocenters. The zero-order chi connectivity index (χ0) is 14.4. The van der Waals surface area contributed by atoms with Gasteiger partial charge < -0.3 is 14.6 Å². The number of aromatic nitrogens is 2. The van der Waals surface area contributed by atoms with Gasteiger partial charge in [-0.05, 0) is 35.0 Å². The highest BCUT2D eigenvalue weighted by atomic mass is 79.9. The van der Waals surface area contributed by atoms with Gasteiger partial charge in [0.05, 0.1) is 11.1 Å². The van der Waals surface area contributed by atoms with Crippen molar-refractivity contribution in [3.8, 4) is 5.75 Å². The lowest BCUT2D eigenvalue weighted by Gasteiger charge is -2.13. The van der Waals surface area contributed by atoms with E-state index in [1.807, 2.05) is 13.0 Å². The van der Waals surface area contributed by atoms with E-state index in [1.165, 1.54) is 6.39 Å². The lowest BCUT2D eigenvalue weighted by molar-refractivity contribution is 0.333. The lowest BCUT2D eigenvalue weighted by atomic mass is 10.2. The number of nitrogens with one attached hydrogen (secondary N) is 1. The van der Waals surface area contributed by atoms with Crippen molar-refractivity contribution in [1.29, 1.82) is 0 Å². The van der Waals surface area contributed by atoms with Crippen LogP contribution in [-0.4, -0.2) is 23.3 Å². The first kappa shape index (κ1) is 15.5. The van der Waals surface area contributed by atoms with Crippen LogP contribution in [0, 0.1) is 0 Å². The van der Waals surface area contributed by atoms with Gasteiger partial charge in [-0.1, -0.05) is 21.1 Å². The van der Waals surface area contributed by atoms with Gasteiger partial charge in [-0.15, -0.1) is 0 Å². The predicted molar refractivity (Wildman–Crippen MR) is 82.7 cm³/mol. The van der Waals surface area contributed by atoms with Crippen molar-refractivity contribution in [3.05, 3.63) is 38.9 Å². The third kappa shape index (κ3) is 4.29. The predicted octanol–water partition coefficient (Wildman–Crippen LogP) is 3.33. The van der Waals surface area contributed by atoms with E-state index < -0.39 is 0 Å². The minimum Gasteiger partial charge on any atom is -0.492 e. The largest absolute Gasteiger partial charge is 0.492 e. The minimum atomic E-state index is 0.635. The van der Waals surface area contributed by atoms with E-state index in [1.54, 1.807) is 0 Å². The molecule has 7 heteroatoms. The molecule has 1 aromatic carbocycles. The number of rotatable bonds is 7. The van der Waals surface area contributed by atoms with Gasteiger partial charge in [0.25, 0.3) is 0 Å². The molecule has 1 aromatic heterocycles. The molecule has 0 radical (unpaired) electrons. The Balaban J connectivity index is 1.94. The molecule has 0 unspecified atom stereocenters. The summed E-state index contributed by atoms with van der Waals surface area (Å²) in [5, 5.41) is 7.12. The molecule has 0 bridgehead atoms. The molecule has 0 aliphatic rings. The van der Waals surface area contributed by atoms with Gasteiger partial charge in [0, 0.05) is 29.5 Å². The van der Waals surface area contributed by atoms with Gasteiger partial charge in [-0.2, -0.15) is 4.98 Å². The van der Waals surface area contributed by atoms with E-state index in [4.69, 9.17) is 9.26 Å². The SMILES string of the molecule is CCOc1c(Br)cc(Br)cc1CNCCc1ncon1. The van der Waals surface area contributed by atoms with E-state index in [2.05, 4.69) is 53.4 Å². The number of halogens is 2. The molecule has 2 rings (SSSR count). The first-order chi connectivity index (χ1) is 9.70. The molecule has 0 saturated heterocycles. The van der Waals surface area contributed by atoms with Crippen molar-refractivity contribution in [2.75, 3.05) is 13.2 Å². The Kier molecular flexibility index (Phi) is 6.00. The fraction of sp³-hybridized carbons (Fsp3) is 0.385. The smallest absolute Gasteiger partial charge is 0.213 e. The average molecular weight is 405 g/mol. The van der Waals surface area contributed by atoms with Crippen molar-refractivity contribution in [2.24, 2.45) is 0 Å². The van der Waals surface area contributed by atoms with E-state index in [9.17, 15) is 0 Å². The fourth-order valence-electron chi connectivity index (χ4n) is 1.78. The molecule has 0 spiro atoms. The summed E-state index contributed by atoms with van der Waals surface area (Å²) in [5.74, 6) is 1.58. The van der Waals surface area contributed by atoms with Crippen LogP contribution in [0.3, 0.4) is 0 Å². The Bertz CT molecular complexity index is 547. The van der Waals surface area contributed by atoms with Crippen molar-refractivity contribution in [2.45, 2.75) is 19.9 Å². The highest BCUT2D eigenvalue weighted by Crippen LogP contribution is 2.32. The van der Waals surface area contributed by atoms with Gasteiger partial charge in [0.2, 0.25) is 6.39 Å². The van der Waals surface area contributed by atoms with Crippen LogP contribution in [0.1, 0.15) is 18.3 Å². The Morgan fingerprint density at radius 1 is 1.35 bits per heavy atom. The van der Waals surface area contributed by atoms with Crippen LogP contribution in [-0.2, 0) is 13.0 Å². The molecule has 5 nitrogen and oxygen atoms in total. The molecule has 0 aliphatic heterocycles. The Hall–Kier alpha value is -0.920. The molecular weight excluding hydrogens is 390 g/mol. The molecular formula is C13H15Br2N3O2. The summed E-state index contributed by atoms with van der Waals surface area (Å²) >= 11 is 7.02. The van der Waals surface area contributed by atoms with Crippen LogP contribution >= 0.6 is 31.9 Å². The normalized spacial score (nSPS) is 10.8. The van der Waals surface area contributed by atoms with Crippen LogP contribution in [0.25, 0.3) is 0 Å². The second kappa shape index (κ2) is 7.75.